The average molecular weight is 551 g/mol. The molecule has 1 heterocycles. The van der Waals surface area contributed by atoms with Crippen LogP contribution in [0.5, 0.6) is 23.0 Å². The van der Waals surface area contributed by atoms with E-state index >= 15 is 0 Å². The van der Waals surface area contributed by atoms with Crippen molar-refractivity contribution in [3.8, 4) is 29.1 Å². The molecule has 41 heavy (non-hydrogen) atoms. The highest BCUT2D eigenvalue weighted by molar-refractivity contribution is 5.91. The van der Waals surface area contributed by atoms with E-state index in [0.29, 0.717) is 35.0 Å². The number of hydrogen-bond donors (Lipinski definition) is 1. The van der Waals surface area contributed by atoms with Crippen molar-refractivity contribution in [1.29, 1.82) is 5.26 Å². The third-order valence-electron chi connectivity index (χ3n) is 6.50. The zero-order valence-corrected chi connectivity index (χ0v) is 22.3. The van der Waals surface area contributed by atoms with E-state index < -0.39 is 11.9 Å². The van der Waals surface area contributed by atoms with E-state index in [2.05, 4.69) is 6.07 Å². The number of hydrogen-bond acceptors (Lipinski definition) is 7. The minimum atomic E-state index is -0.531. The lowest BCUT2D eigenvalue weighted by molar-refractivity contribution is 0.0734. The summed E-state index contributed by atoms with van der Waals surface area (Å²) in [6.07, 6.45) is 0.888. The van der Waals surface area contributed by atoms with E-state index in [1.54, 1.807) is 66.7 Å². The van der Waals surface area contributed by atoms with Crippen LogP contribution in [0.2, 0.25) is 0 Å². The molecule has 1 aliphatic rings. The number of rotatable bonds is 9. The Bertz CT molecular complexity index is 1610. The number of carbonyl (C=O) groups is 1. The number of nitrogens with two attached hydrogens (primary N) is 1. The van der Waals surface area contributed by atoms with Crippen molar-refractivity contribution >= 4 is 5.97 Å². The summed E-state index contributed by atoms with van der Waals surface area (Å²) in [5.74, 6) is 0.615. The van der Waals surface area contributed by atoms with E-state index in [-0.39, 0.29) is 29.6 Å². The zero-order valence-electron chi connectivity index (χ0n) is 22.3. The SMILES string of the molecule is CCCOc1ccc(C(=O)Oc2ccc3c(c2)OC(N)=C(C#N)C3c2ccc(OCc3ccc(F)cc3)cc2)cc1. The molecule has 7 nitrogen and oxygen atoms in total. The number of nitriles is 1. The quantitative estimate of drug-likeness (QED) is 0.184. The van der Waals surface area contributed by atoms with E-state index in [4.69, 9.17) is 24.7 Å². The Hall–Kier alpha value is -5.29. The van der Waals surface area contributed by atoms with E-state index in [1.165, 1.54) is 12.1 Å². The summed E-state index contributed by atoms with van der Waals surface area (Å²) in [7, 11) is 0. The fourth-order valence-corrected chi connectivity index (χ4v) is 4.42. The van der Waals surface area contributed by atoms with Crippen molar-refractivity contribution in [2.75, 3.05) is 6.61 Å². The molecule has 0 bridgehead atoms. The van der Waals surface area contributed by atoms with Gasteiger partial charge in [0, 0.05) is 11.6 Å². The summed E-state index contributed by atoms with van der Waals surface area (Å²) in [5.41, 5.74) is 9.13. The van der Waals surface area contributed by atoms with Gasteiger partial charge in [-0.3, -0.25) is 0 Å². The topological polar surface area (TPSA) is 104 Å². The molecule has 0 aromatic heterocycles. The van der Waals surface area contributed by atoms with Gasteiger partial charge in [-0.05, 0) is 72.1 Å². The van der Waals surface area contributed by atoms with Crippen LogP contribution < -0.4 is 24.7 Å². The van der Waals surface area contributed by atoms with Crippen LogP contribution in [0.25, 0.3) is 0 Å². The number of allylic oxidation sites excluding steroid dienone is 1. The van der Waals surface area contributed by atoms with Crippen molar-refractivity contribution in [2.45, 2.75) is 25.9 Å². The van der Waals surface area contributed by atoms with Gasteiger partial charge in [0.05, 0.1) is 18.1 Å². The Morgan fingerprint density at radius 2 is 1.59 bits per heavy atom. The van der Waals surface area contributed by atoms with Crippen molar-refractivity contribution < 1.29 is 28.1 Å². The maximum Gasteiger partial charge on any atom is 0.343 e. The summed E-state index contributed by atoms with van der Waals surface area (Å²) < 4.78 is 35.9. The molecule has 0 aliphatic carbocycles. The van der Waals surface area contributed by atoms with Gasteiger partial charge >= 0.3 is 5.97 Å². The minimum Gasteiger partial charge on any atom is -0.494 e. The first-order chi connectivity index (χ1) is 19.9. The highest BCUT2D eigenvalue weighted by Crippen LogP contribution is 2.43. The number of benzene rings is 4. The van der Waals surface area contributed by atoms with Gasteiger partial charge in [0.25, 0.3) is 0 Å². The lowest BCUT2D eigenvalue weighted by atomic mass is 9.83. The van der Waals surface area contributed by atoms with Crippen LogP contribution in [-0.4, -0.2) is 12.6 Å². The molecule has 0 amide bonds. The standard InChI is InChI=1S/C33H27FN2O5/c1-2-17-38-25-13-7-23(8-14-25)33(37)40-27-15-16-28-30(18-27)41-32(36)29(19-35)31(28)22-5-11-26(12-6-22)39-20-21-3-9-24(34)10-4-21/h3-16,18,31H,2,17,20,36H2,1H3. The number of fused-ring (bicyclic) bond motifs is 1. The second-order valence-corrected chi connectivity index (χ2v) is 9.37. The van der Waals surface area contributed by atoms with Gasteiger partial charge < -0.3 is 24.7 Å². The summed E-state index contributed by atoms with van der Waals surface area (Å²) in [6.45, 7) is 2.90. The predicted molar refractivity (Wildman–Crippen MR) is 150 cm³/mol. The highest BCUT2D eigenvalue weighted by Gasteiger charge is 2.31. The molecule has 206 valence electrons. The fourth-order valence-electron chi connectivity index (χ4n) is 4.42. The second-order valence-electron chi connectivity index (χ2n) is 9.37. The van der Waals surface area contributed by atoms with Gasteiger partial charge in [-0.25, -0.2) is 9.18 Å². The predicted octanol–water partition coefficient (Wildman–Crippen LogP) is 6.63. The summed E-state index contributed by atoms with van der Waals surface area (Å²) >= 11 is 0. The molecule has 4 aromatic rings. The van der Waals surface area contributed by atoms with Crippen LogP contribution in [0.4, 0.5) is 4.39 Å². The van der Waals surface area contributed by atoms with Crippen LogP contribution in [0.3, 0.4) is 0 Å². The van der Waals surface area contributed by atoms with Gasteiger partial charge in [-0.15, -0.1) is 0 Å². The number of ether oxygens (including phenoxy) is 4. The monoisotopic (exact) mass is 550 g/mol. The summed E-state index contributed by atoms with van der Waals surface area (Å²) in [5, 5.41) is 9.87. The average Bonchev–Trinajstić information content (AvgIpc) is 2.99. The normalized spacial score (nSPS) is 13.9. The molecule has 0 saturated carbocycles. The van der Waals surface area contributed by atoms with Crippen LogP contribution >= 0.6 is 0 Å². The first kappa shape index (κ1) is 27.3. The number of halogens is 1. The van der Waals surface area contributed by atoms with Gasteiger partial charge in [-0.2, -0.15) is 5.26 Å². The lowest BCUT2D eigenvalue weighted by Crippen LogP contribution is -2.21. The molecule has 5 rings (SSSR count). The molecule has 4 aromatic carbocycles. The van der Waals surface area contributed by atoms with Crippen LogP contribution in [-0.2, 0) is 6.61 Å². The van der Waals surface area contributed by atoms with Gasteiger partial charge in [0.15, 0.2) is 0 Å². The smallest absolute Gasteiger partial charge is 0.343 e. The maximum absolute atomic E-state index is 13.1. The fraction of sp³-hybridized carbons (Fsp3) is 0.152. The Labute approximate surface area is 237 Å². The Balaban J connectivity index is 1.32. The molecular weight excluding hydrogens is 523 g/mol. The number of nitrogens with zero attached hydrogens (tertiary/aromatic N) is 1. The van der Waals surface area contributed by atoms with Crippen molar-refractivity contribution in [3.05, 3.63) is 131 Å². The largest absolute Gasteiger partial charge is 0.494 e. The molecule has 0 fully saturated rings. The first-order valence-corrected chi connectivity index (χ1v) is 13.1. The van der Waals surface area contributed by atoms with Crippen molar-refractivity contribution in [1.82, 2.24) is 0 Å². The van der Waals surface area contributed by atoms with Crippen LogP contribution in [0.1, 0.15) is 46.3 Å². The Morgan fingerprint density at radius 3 is 2.27 bits per heavy atom. The molecule has 1 atom stereocenters. The van der Waals surface area contributed by atoms with Crippen LogP contribution in [0, 0.1) is 17.1 Å². The first-order valence-electron chi connectivity index (χ1n) is 13.1. The molecule has 0 spiro atoms. The van der Waals surface area contributed by atoms with Crippen molar-refractivity contribution in [2.24, 2.45) is 5.73 Å². The van der Waals surface area contributed by atoms with E-state index in [9.17, 15) is 14.4 Å². The molecule has 0 saturated heterocycles. The van der Waals surface area contributed by atoms with Crippen LogP contribution in [0.15, 0.2) is 102 Å². The zero-order chi connectivity index (χ0) is 28.8. The minimum absolute atomic E-state index is 0.0206. The van der Waals surface area contributed by atoms with Gasteiger partial charge in [0.2, 0.25) is 5.88 Å². The Morgan fingerprint density at radius 1 is 0.927 bits per heavy atom. The summed E-state index contributed by atoms with van der Waals surface area (Å²) in [4.78, 5) is 12.7. The molecule has 1 aliphatic heterocycles. The van der Waals surface area contributed by atoms with Crippen molar-refractivity contribution in [3.63, 3.8) is 0 Å². The third kappa shape index (κ3) is 6.31. The van der Waals surface area contributed by atoms with E-state index in [1.807, 2.05) is 19.1 Å². The maximum atomic E-state index is 13.1. The molecule has 2 N–H and O–H groups in total. The van der Waals surface area contributed by atoms with Gasteiger partial charge in [0.1, 0.15) is 47.1 Å². The number of carbonyl (C=O) groups excluding carboxylic acids is 1. The molecule has 1 unspecified atom stereocenters. The van der Waals surface area contributed by atoms with E-state index in [0.717, 1.165) is 17.5 Å². The molecule has 8 heteroatoms. The molecule has 0 radical (unpaired) electrons. The second kappa shape index (κ2) is 12.3. The van der Waals surface area contributed by atoms with Gasteiger partial charge in [-0.1, -0.05) is 37.3 Å². The number of esters is 1. The highest BCUT2D eigenvalue weighted by atomic mass is 19.1. The Kier molecular flexibility index (Phi) is 8.16. The third-order valence-corrected chi connectivity index (χ3v) is 6.50. The lowest BCUT2D eigenvalue weighted by Gasteiger charge is -2.26. The molecular formula is C33H27FN2O5. The summed E-state index contributed by atoms with van der Waals surface area (Å²) in [6, 6.07) is 27.3.